The fourth-order valence-corrected chi connectivity index (χ4v) is 1.69. The van der Waals surface area contributed by atoms with E-state index in [0.29, 0.717) is 24.5 Å². The summed E-state index contributed by atoms with van der Waals surface area (Å²) in [7, 11) is 1.35. The molecule has 1 rings (SSSR count). The molecule has 114 valence electrons. The van der Waals surface area contributed by atoms with Gasteiger partial charge in [-0.05, 0) is 43.5 Å². The lowest BCUT2D eigenvalue weighted by atomic mass is 10.1. The van der Waals surface area contributed by atoms with Crippen molar-refractivity contribution in [1.29, 1.82) is 0 Å². The first-order valence-corrected chi connectivity index (χ1v) is 6.69. The molecule has 0 heterocycles. The van der Waals surface area contributed by atoms with Gasteiger partial charge >= 0.3 is 11.9 Å². The van der Waals surface area contributed by atoms with Crippen LogP contribution in [0, 0.1) is 6.92 Å². The van der Waals surface area contributed by atoms with E-state index in [1.54, 1.807) is 18.2 Å². The Morgan fingerprint density at radius 1 is 1.24 bits per heavy atom. The van der Waals surface area contributed by atoms with Gasteiger partial charge in [-0.3, -0.25) is 0 Å². The lowest BCUT2D eigenvalue weighted by Gasteiger charge is -2.09. The second-order valence-corrected chi connectivity index (χ2v) is 4.40. The maximum atomic E-state index is 11.4. The number of rotatable bonds is 8. The van der Waals surface area contributed by atoms with Gasteiger partial charge in [0.15, 0.2) is 0 Å². The van der Waals surface area contributed by atoms with Crippen LogP contribution in [0.3, 0.4) is 0 Å². The molecule has 0 atom stereocenters. The van der Waals surface area contributed by atoms with Gasteiger partial charge in [0, 0.05) is 6.08 Å². The number of ether oxygens (including phenoxy) is 3. The molecule has 0 saturated carbocycles. The Morgan fingerprint density at radius 2 is 1.95 bits per heavy atom. The van der Waals surface area contributed by atoms with E-state index in [4.69, 9.17) is 9.47 Å². The third-order valence-corrected chi connectivity index (χ3v) is 2.82. The molecule has 0 aliphatic heterocycles. The van der Waals surface area contributed by atoms with Crippen LogP contribution in [0.4, 0.5) is 0 Å². The normalized spacial score (nSPS) is 9.81. The van der Waals surface area contributed by atoms with E-state index in [-0.39, 0.29) is 5.97 Å². The molecule has 21 heavy (non-hydrogen) atoms. The van der Waals surface area contributed by atoms with Crippen molar-refractivity contribution in [3.63, 3.8) is 0 Å². The van der Waals surface area contributed by atoms with Crippen LogP contribution in [-0.4, -0.2) is 32.3 Å². The second-order valence-electron chi connectivity index (χ2n) is 4.40. The van der Waals surface area contributed by atoms with Crippen LogP contribution in [-0.2, 0) is 14.3 Å². The Kier molecular flexibility index (Phi) is 7.01. The number of hydrogen-bond donors (Lipinski definition) is 0. The lowest BCUT2D eigenvalue weighted by Crippen LogP contribution is -2.06. The summed E-state index contributed by atoms with van der Waals surface area (Å²) in [5.74, 6) is -0.0729. The summed E-state index contributed by atoms with van der Waals surface area (Å²) in [6, 6.07) is 5.21. The monoisotopic (exact) mass is 292 g/mol. The van der Waals surface area contributed by atoms with Crippen LogP contribution >= 0.6 is 0 Å². The largest absolute Gasteiger partial charge is 0.494 e. The van der Waals surface area contributed by atoms with Crippen molar-refractivity contribution in [2.24, 2.45) is 0 Å². The zero-order valence-corrected chi connectivity index (χ0v) is 12.4. The standard InChI is InChI=1S/C16H20O5/c1-4-15(17)21-10-6-5-9-20-13-7-8-14(12(2)11-13)16(18)19-3/h4,7-8,11H,1,5-6,9-10H2,2-3H3. The number of aryl methyl sites for hydroxylation is 1. The maximum Gasteiger partial charge on any atom is 0.338 e. The molecular formula is C16H20O5. The molecule has 0 aromatic heterocycles. The Hall–Kier alpha value is -2.30. The number of esters is 2. The number of methoxy groups -OCH3 is 1. The summed E-state index contributed by atoms with van der Waals surface area (Å²) in [5.41, 5.74) is 1.33. The highest BCUT2D eigenvalue weighted by molar-refractivity contribution is 5.91. The molecule has 0 spiro atoms. The van der Waals surface area contributed by atoms with Crippen LogP contribution < -0.4 is 4.74 Å². The first-order valence-electron chi connectivity index (χ1n) is 6.69. The predicted octanol–water partition coefficient (Wildman–Crippen LogP) is 2.67. The Bertz CT molecular complexity index is 507. The molecule has 0 unspecified atom stereocenters. The van der Waals surface area contributed by atoms with Crippen LogP contribution in [0.25, 0.3) is 0 Å². The minimum atomic E-state index is -0.412. The zero-order valence-electron chi connectivity index (χ0n) is 12.4. The van der Waals surface area contributed by atoms with E-state index < -0.39 is 5.97 Å². The van der Waals surface area contributed by atoms with Crippen LogP contribution in [0.15, 0.2) is 30.9 Å². The number of carbonyl (C=O) groups excluding carboxylic acids is 2. The number of hydrogen-bond acceptors (Lipinski definition) is 5. The average Bonchev–Trinajstić information content (AvgIpc) is 2.49. The summed E-state index contributed by atoms with van der Waals surface area (Å²) >= 11 is 0. The SMILES string of the molecule is C=CC(=O)OCCCCOc1ccc(C(=O)OC)c(C)c1. The molecule has 5 heteroatoms. The molecule has 0 fully saturated rings. The highest BCUT2D eigenvalue weighted by atomic mass is 16.5. The van der Waals surface area contributed by atoms with Crippen molar-refractivity contribution < 1.29 is 23.8 Å². The van der Waals surface area contributed by atoms with Gasteiger partial charge in [-0.1, -0.05) is 6.58 Å². The van der Waals surface area contributed by atoms with E-state index in [0.717, 1.165) is 24.5 Å². The van der Waals surface area contributed by atoms with Crippen molar-refractivity contribution in [3.05, 3.63) is 42.0 Å². The Labute approximate surface area is 124 Å². The van der Waals surface area contributed by atoms with Gasteiger partial charge in [-0.2, -0.15) is 0 Å². The Morgan fingerprint density at radius 3 is 2.57 bits per heavy atom. The van der Waals surface area contributed by atoms with Crippen LogP contribution in [0.5, 0.6) is 5.75 Å². The molecule has 1 aromatic rings. The molecule has 1 aromatic carbocycles. The van der Waals surface area contributed by atoms with Gasteiger partial charge in [-0.25, -0.2) is 9.59 Å². The zero-order chi connectivity index (χ0) is 15.7. The topological polar surface area (TPSA) is 61.8 Å². The molecule has 0 saturated heterocycles. The maximum absolute atomic E-state index is 11.4. The van der Waals surface area contributed by atoms with E-state index >= 15 is 0 Å². The fourth-order valence-electron chi connectivity index (χ4n) is 1.69. The van der Waals surface area contributed by atoms with E-state index in [2.05, 4.69) is 11.3 Å². The third-order valence-electron chi connectivity index (χ3n) is 2.82. The van der Waals surface area contributed by atoms with Crippen LogP contribution in [0.1, 0.15) is 28.8 Å². The van der Waals surface area contributed by atoms with E-state index in [1.165, 1.54) is 7.11 Å². The Balaban J connectivity index is 2.33. The van der Waals surface area contributed by atoms with Gasteiger partial charge < -0.3 is 14.2 Å². The summed E-state index contributed by atoms with van der Waals surface area (Å²) in [4.78, 5) is 22.3. The van der Waals surface area contributed by atoms with Crippen molar-refractivity contribution >= 4 is 11.9 Å². The van der Waals surface area contributed by atoms with Crippen molar-refractivity contribution in [1.82, 2.24) is 0 Å². The first-order chi connectivity index (χ1) is 10.1. The van der Waals surface area contributed by atoms with Crippen molar-refractivity contribution in [3.8, 4) is 5.75 Å². The molecule has 0 aliphatic carbocycles. The molecule has 5 nitrogen and oxygen atoms in total. The lowest BCUT2D eigenvalue weighted by molar-refractivity contribution is -0.137. The predicted molar refractivity (Wildman–Crippen MR) is 78.4 cm³/mol. The summed E-state index contributed by atoms with van der Waals surface area (Å²) in [5, 5.41) is 0. The second kappa shape index (κ2) is 8.79. The first kappa shape index (κ1) is 16.8. The van der Waals surface area contributed by atoms with Crippen LogP contribution in [0.2, 0.25) is 0 Å². The fraction of sp³-hybridized carbons (Fsp3) is 0.375. The van der Waals surface area contributed by atoms with E-state index in [9.17, 15) is 9.59 Å². The quantitative estimate of drug-likeness (QED) is 0.419. The van der Waals surface area contributed by atoms with Gasteiger partial charge in [0.25, 0.3) is 0 Å². The highest BCUT2D eigenvalue weighted by Gasteiger charge is 2.09. The molecule has 0 aliphatic rings. The summed E-state index contributed by atoms with van der Waals surface area (Å²) in [6.45, 7) is 6.02. The number of unbranched alkanes of at least 4 members (excludes halogenated alkanes) is 1. The van der Waals surface area contributed by atoms with Gasteiger partial charge in [0.2, 0.25) is 0 Å². The molecule has 0 bridgehead atoms. The van der Waals surface area contributed by atoms with Crippen molar-refractivity contribution in [2.45, 2.75) is 19.8 Å². The smallest absolute Gasteiger partial charge is 0.338 e. The average molecular weight is 292 g/mol. The number of benzene rings is 1. The molecule has 0 N–H and O–H groups in total. The molecule has 0 radical (unpaired) electrons. The van der Waals surface area contributed by atoms with Crippen molar-refractivity contribution in [2.75, 3.05) is 20.3 Å². The number of carbonyl (C=O) groups is 2. The molecular weight excluding hydrogens is 272 g/mol. The highest BCUT2D eigenvalue weighted by Crippen LogP contribution is 2.18. The summed E-state index contributed by atoms with van der Waals surface area (Å²) in [6.07, 6.45) is 2.63. The van der Waals surface area contributed by atoms with Gasteiger partial charge in [-0.15, -0.1) is 0 Å². The summed E-state index contributed by atoms with van der Waals surface area (Å²) < 4.78 is 15.1. The van der Waals surface area contributed by atoms with Gasteiger partial charge in [0.05, 0.1) is 25.9 Å². The van der Waals surface area contributed by atoms with E-state index in [1.807, 2.05) is 6.92 Å². The minimum absolute atomic E-state index is 0.356. The minimum Gasteiger partial charge on any atom is -0.494 e. The van der Waals surface area contributed by atoms with Gasteiger partial charge in [0.1, 0.15) is 5.75 Å². The molecule has 0 amide bonds. The third kappa shape index (κ3) is 5.69.